The third-order valence-corrected chi connectivity index (χ3v) is 5.69. The fraction of sp³-hybridized carbons (Fsp3) is 0.619. The van der Waals surface area contributed by atoms with Crippen molar-refractivity contribution < 1.29 is 14.3 Å². The zero-order chi connectivity index (χ0) is 18.4. The van der Waals surface area contributed by atoms with Crippen molar-refractivity contribution in [3.63, 3.8) is 0 Å². The summed E-state index contributed by atoms with van der Waals surface area (Å²) in [6.07, 6.45) is 5.14. The van der Waals surface area contributed by atoms with Crippen molar-refractivity contribution in [3.8, 4) is 0 Å². The Labute approximate surface area is 145 Å². The number of hydrogen-bond donors (Lipinski definition) is 0. The second-order valence-corrected chi connectivity index (χ2v) is 8.12. The highest BCUT2D eigenvalue weighted by molar-refractivity contribution is 6.21. The number of Topliss-reactive ketones (excluding diaryl/α,β-unsaturated/α-hetero) is 2. The van der Waals surface area contributed by atoms with Crippen molar-refractivity contribution in [2.75, 3.05) is 7.11 Å². The normalized spacial score (nSPS) is 34.0. The molecule has 0 saturated carbocycles. The molecule has 0 radical (unpaired) electrons. The average molecular weight is 330 g/mol. The van der Waals surface area contributed by atoms with Gasteiger partial charge in [0.2, 0.25) is 0 Å². The summed E-state index contributed by atoms with van der Waals surface area (Å²) in [6.45, 7) is 13.9. The molecule has 3 nitrogen and oxygen atoms in total. The molecule has 2 rings (SSSR count). The lowest BCUT2D eigenvalue weighted by molar-refractivity contribution is -0.148. The minimum Gasteiger partial charge on any atom is -0.499 e. The number of fused-ring (bicyclic) bond motifs is 2. The van der Waals surface area contributed by atoms with Gasteiger partial charge < -0.3 is 4.74 Å². The lowest BCUT2D eigenvalue weighted by Gasteiger charge is -2.50. The first kappa shape index (κ1) is 18.7. The maximum absolute atomic E-state index is 13.4. The second kappa shape index (κ2) is 6.02. The molecule has 2 bridgehead atoms. The van der Waals surface area contributed by atoms with Crippen molar-refractivity contribution in [1.29, 1.82) is 0 Å². The van der Waals surface area contributed by atoms with Gasteiger partial charge in [0.05, 0.1) is 7.11 Å². The standard InChI is InChI=1S/C21H30O3/c1-12(2)9-10-13(3)16-14(4)11-20(6)18(24-8)15(5)17(22)21(16,7)19(20)23/h10-12,16H,9H2,1-8H3/b13-10+/t16-,20+,21-/m0/s1. The summed E-state index contributed by atoms with van der Waals surface area (Å²) >= 11 is 0. The molecule has 0 heterocycles. The van der Waals surface area contributed by atoms with E-state index in [1.807, 2.05) is 33.8 Å². The van der Waals surface area contributed by atoms with Crippen LogP contribution < -0.4 is 0 Å². The Hall–Kier alpha value is -1.64. The molecule has 0 fully saturated rings. The smallest absolute Gasteiger partial charge is 0.176 e. The van der Waals surface area contributed by atoms with Crippen LogP contribution in [0.1, 0.15) is 54.9 Å². The van der Waals surface area contributed by atoms with E-state index in [0.29, 0.717) is 17.3 Å². The average Bonchev–Trinajstić information content (AvgIpc) is 2.49. The molecular weight excluding hydrogens is 300 g/mol. The van der Waals surface area contributed by atoms with Crippen molar-refractivity contribution >= 4 is 11.6 Å². The Bertz CT molecular complexity index is 677. The van der Waals surface area contributed by atoms with E-state index >= 15 is 0 Å². The van der Waals surface area contributed by atoms with E-state index in [2.05, 4.69) is 19.9 Å². The van der Waals surface area contributed by atoms with Gasteiger partial charge in [0.1, 0.15) is 16.6 Å². The first-order valence-corrected chi connectivity index (χ1v) is 8.72. The molecule has 24 heavy (non-hydrogen) atoms. The third kappa shape index (κ3) is 2.40. The molecule has 132 valence electrons. The van der Waals surface area contributed by atoms with Crippen LogP contribution in [0.4, 0.5) is 0 Å². The van der Waals surface area contributed by atoms with Crippen LogP contribution in [-0.2, 0) is 14.3 Å². The largest absolute Gasteiger partial charge is 0.499 e. The SMILES string of the molecule is COC1=C(C)C(=O)[C@@]2(C)C(=O)[C@]1(C)C=C(C)[C@@H]2/C(C)=C/CC(C)C. The molecule has 0 N–H and O–H groups in total. The van der Waals surface area contributed by atoms with Gasteiger partial charge in [-0.1, -0.05) is 37.1 Å². The molecule has 2 aliphatic carbocycles. The first-order chi connectivity index (χ1) is 11.0. The minimum atomic E-state index is -1.04. The van der Waals surface area contributed by atoms with Gasteiger partial charge in [-0.05, 0) is 47.0 Å². The summed E-state index contributed by atoms with van der Waals surface area (Å²) in [5, 5.41) is 0. The Kier molecular flexibility index (Phi) is 4.69. The Morgan fingerprint density at radius 1 is 1.29 bits per heavy atom. The van der Waals surface area contributed by atoms with Crippen LogP contribution in [0.5, 0.6) is 0 Å². The molecule has 0 aromatic heterocycles. The Balaban J connectivity index is 2.68. The lowest BCUT2D eigenvalue weighted by Crippen LogP contribution is -2.57. The summed E-state index contributed by atoms with van der Waals surface area (Å²) in [4.78, 5) is 26.5. The molecule has 3 heteroatoms. The Morgan fingerprint density at radius 3 is 2.38 bits per heavy atom. The summed E-state index contributed by atoms with van der Waals surface area (Å²) < 4.78 is 5.48. The number of ether oxygens (including phenoxy) is 1. The molecule has 0 aromatic carbocycles. The topological polar surface area (TPSA) is 43.4 Å². The highest BCUT2D eigenvalue weighted by Crippen LogP contribution is 2.56. The number of ketones is 2. The number of carbonyl (C=O) groups is 2. The molecular formula is C21H30O3. The maximum atomic E-state index is 13.4. The number of hydrogen-bond acceptors (Lipinski definition) is 3. The number of carbonyl (C=O) groups excluding carboxylic acids is 2. The van der Waals surface area contributed by atoms with E-state index in [9.17, 15) is 9.59 Å². The molecule has 0 unspecified atom stereocenters. The van der Waals surface area contributed by atoms with Gasteiger partial charge in [-0.25, -0.2) is 0 Å². The highest BCUT2D eigenvalue weighted by atomic mass is 16.5. The predicted molar refractivity (Wildman–Crippen MR) is 96.4 cm³/mol. The first-order valence-electron chi connectivity index (χ1n) is 8.72. The van der Waals surface area contributed by atoms with Gasteiger partial charge in [0.25, 0.3) is 0 Å². The van der Waals surface area contributed by atoms with Gasteiger partial charge in [-0.3, -0.25) is 9.59 Å². The molecule has 0 aromatic rings. The van der Waals surface area contributed by atoms with Crippen LogP contribution in [0.15, 0.2) is 34.6 Å². The lowest BCUT2D eigenvalue weighted by atomic mass is 9.51. The monoisotopic (exact) mass is 330 g/mol. The van der Waals surface area contributed by atoms with Gasteiger partial charge in [0, 0.05) is 11.5 Å². The molecule has 2 aliphatic rings. The van der Waals surface area contributed by atoms with Crippen LogP contribution in [0, 0.1) is 22.7 Å². The zero-order valence-corrected chi connectivity index (χ0v) is 16.2. The predicted octanol–water partition coefficient (Wildman–Crippen LogP) is 4.64. The van der Waals surface area contributed by atoms with E-state index in [0.717, 1.165) is 17.6 Å². The fourth-order valence-electron chi connectivity index (χ4n) is 4.73. The van der Waals surface area contributed by atoms with Crippen LogP contribution in [0.25, 0.3) is 0 Å². The van der Waals surface area contributed by atoms with Crippen molar-refractivity contribution in [1.82, 2.24) is 0 Å². The van der Waals surface area contributed by atoms with Gasteiger partial charge >= 0.3 is 0 Å². The van der Waals surface area contributed by atoms with E-state index in [1.165, 1.54) is 7.11 Å². The van der Waals surface area contributed by atoms with E-state index < -0.39 is 10.8 Å². The number of rotatable bonds is 4. The summed E-state index contributed by atoms with van der Waals surface area (Å²) in [5.41, 5.74) is 0.870. The van der Waals surface area contributed by atoms with Crippen LogP contribution in [0.3, 0.4) is 0 Å². The van der Waals surface area contributed by atoms with Gasteiger partial charge in [-0.15, -0.1) is 0 Å². The molecule has 0 spiro atoms. The van der Waals surface area contributed by atoms with Gasteiger partial charge in [0.15, 0.2) is 11.6 Å². The maximum Gasteiger partial charge on any atom is 0.176 e. The minimum absolute atomic E-state index is 0.0460. The van der Waals surface area contributed by atoms with Crippen molar-refractivity contribution in [2.24, 2.45) is 22.7 Å². The van der Waals surface area contributed by atoms with Crippen LogP contribution >= 0.6 is 0 Å². The number of methoxy groups -OCH3 is 1. The third-order valence-electron chi connectivity index (χ3n) is 5.69. The van der Waals surface area contributed by atoms with Gasteiger partial charge in [-0.2, -0.15) is 0 Å². The van der Waals surface area contributed by atoms with Crippen LogP contribution in [-0.4, -0.2) is 18.7 Å². The van der Waals surface area contributed by atoms with Crippen molar-refractivity contribution in [2.45, 2.75) is 54.9 Å². The summed E-state index contributed by atoms with van der Waals surface area (Å²) in [6, 6.07) is 0. The fourth-order valence-corrected chi connectivity index (χ4v) is 4.73. The molecule has 0 aliphatic heterocycles. The van der Waals surface area contributed by atoms with E-state index in [1.54, 1.807) is 6.92 Å². The Morgan fingerprint density at radius 2 is 1.88 bits per heavy atom. The number of allylic oxidation sites excluding steroid dienone is 5. The summed E-state index contributed by atoms with van der Waals surface area (Å²) in [7, 11) is 1.54. The quantitative estimate of drug-likeness (QED) is 0.557. The van der Waals surface area contributed by atoms with E-state index in [-0.39, 0.29) is 17.5 Å². The summed E-state index contributed by atoms with van der Waals surface area (Å²) in [5.74, 6) is 0.728. The second-order valence-electron chi connectivity index (χ2n) is 8.12. The molecule has 0 saturated heterocycles. The zero-order valence-electron chi connectivity index (χ0n) is 16.2. The molecule has 3 atom stereocenters. The van der Waals surface area contributed by atoms with Crippen LogP contribution in [0.2, 0.25) is 0 Å². The molecule has 0 amide bonds. The van der Waals surface area contributed by atoms with E-state index in [4.69, 9.17) is 4.74 Å². The highest BCUT2D eigenvalue weighted by Gasteiger charge is 2.62. The van der Waals surface area contributed by atoms with Crippen molar-refractivity contribution in [3.05, 3.63) is 34.6 Å².